The van der Waals surface area contributed by atoms with Crippen LogP contribution in [0.3, 0.4) is 0 Å². The molecule has 0 bridgehead atoms. The lowest BCUT2D eigenvalue weighted by atomic mass is 10.1. The van der Waals surface area contributed by atoms with Crippen LogP contribution in [0.1, 0.15) is 36.0 Å². The molecule has 118 valence electrons. The molecule has 5 nitrogen and oxygen atoms in total. The number of ether oxygens (including phenoxy) is 1. The predicted molar refractivity (Wildman–Crippen MR) is 86.9 cm³/mol. The van der Waals surface area contributed by atoms with Crippen molar-refractivity contribution in [1.82, 2.24) is 14.9 Å². The number of H-pyrrole nitrogens is 1. The summed E-state index contributed by atoms with van der Waals surface area (Å²) in [5.41, 5.74) is 2.69. The number of aromatic amines is 1. The molecule has 1 aromatic carbocycles. The second-order valence-corrected chi connectivity index (χ2v) is 6.10. The van der Waals surface area contributed by atoms with Gasteiger partial charge in [0.1, 0.15) is 18.2 Å². The minimum Gasteiger partial charge on any atom is -0.488 e. The number of rotatable bonds is 2. The van der Waals surface area contributed by atoms with E-state index in [9.17, 15) is 4.79 Å². The van der Waals surface area contributed by atoms with Crippen LogP contribution in [0.4, 0.5) is 0 Å². The van der Waals surface area contributed by atoms with Gasteiger partial charge >= 0.3 is 0 Å². The minimum absolute atomic E-state index is 0.0364. The Balaban J connectivity index is 1.60. The second-order valence-electron chi connectivity index (χ2n) is 6.10. The first-order chi connectivity index (χ1) is 11.2. The van der Waals surface area contributed by atoms with Gasteiger partial charge in [0.05, 0.1) is 11.6 Å². The third-order valence-corrected chi connectivity index (χ3v) is 4.46. The van der Waals surface area contributed by atoms with Crippen LogP contribution < -0.4 is 4.74 Å². The Morgan fingerprint density at radius 3 is 3.09 bits per heavy atom. The Morgan fingerprint density at radius 1 is 1.39 bits per heavy atom. The first kappa shape index (κ1) is 14.1. The summed E-state index contributed by atoms with van der Waals surface area (Å²) in [5, 5.41) is 0. The summed E-state index contributed by atoms with van der Waals surface area (Å²) >= 11 is 0. The molecule has 2 aromatic rings. The smallest absolute Gasteiger partial charge is 0.253 e. The van der Waals surface area contributed by atoms with E-state index in [2.05, 4.69) is 9.97 Å². The third-order valence-electron chi connectivity index (χ3n) is 4.46. The number of para-hydroxylation sites is 1. The molecule has 5 heteroatoms. The molecule has 23 heavy (non-hydrogen) atoms. The molecule has 1 saturated heterocycles. The van der Waals surface area contributed by atoms with Crippen molar-refractivity contribution in [2.24, 2.45) is 0 Å². The Bertz CT molecular complexity index is 778. The number of amides is 1. The number of aromatic nitrogens is 2. The molecule has 1 amide bonds. The zero-order valence-electron chi connectivity index (χ0n) is 13.1. The van der Waals surface area contributed by atoms with Gasteiger partial charge in [-0.2, -0.15) is 0 Å². The van der Waals surface area contributed by atoms with Crippen molar-refractivity contribution >= 4 is 12.0 Å². The van der Waals surface area contributed by atoms with E-state index >= 15 is 0 Å². The van der Waals surface area contributed by atoms with Gasteiger partial charge in [0, 0.05) is 24.0 Å². The summed E-state index contributed by atoms with van der Waals surface area (Å²) in [7, 11) is 0. The Morgan fingerprint density at radius 2 is 2.26 bits per heavy atom. The lowest BCUT2D eigenvalue weighted by molar-refractivity contribution is -0.128. The van der Waals surface area contributed by atoms with E-state index < -0.39 is 0 Å². The highest BCUT2D eigenvalue weighted by Crippen LogP contribution is 2.33. The van der Waals surface area contributed by atoms with Crippen molar-refractivity contribution < 1.29 is 9.53 Å². The van der Waals surface area contributed by atoms with E-state index in [1.54, 1.807) is 0 Å². The maximum absolute atomic E-state index is 12.9. The van der Waals surface area contributed by atoms with Crippen molar-refractivity contribution in [2.75, 3.05) is 13.2 Å². The van der Waals surface area contributed by atoms with Crippen LogP contribution in [0.25, 0.3) is 6.08 Å². The fourth-order valence-corrected chi connectivity index (χ4v) is 3.32. The average molecular weight is 309 g/mol. The van der Waals surface area contributed by atoms with Gasteiger partial charge in [-0.15, -0.1) is 0 Å². The van der Waals surface area contributed by atoms with Crippen molar-refractivity contribution in [2.45, 2.75) is 25.8 Å². The molecule has 1 fully saturated rings. The van der Waals surface area contributed by atoms with E-state index in [1.165, 1.54) is 0 Å². The van der Waals surface area contributed by atoms with Crippen LogP contribution >= 0.6 is 0 Å². The lowest BCUT2D eigenvalue weighted by Crippen LogP contribution is -2.34. The number of hydrogen-bond donors (Lipinski definition) is 1. The van der Waals surface area contributed by atoms with Gasteiger partial charge in [-0.3, -0.25) is 4.79 Å². The maximum atomic E-state index is 12.9. The van der Waals surface area contributed by atoms with Gasteiger partial charge in [-0.25, -0.2) is 4.98 Å². The van der Waals surface area contributed by atoms with Gasteiger partial charge in [0.25, 0.3) is 5.91 Å². The largest absolute Gasteiger partial charge is 0.488 e. The van der Waals surface area contributed by atoms with Crippen LogP contribution in [0.5, 0.6) is 5.75 Å². The molecule has 0 aliphatic carbocycles. The fraction of sp³-hybridized carbons (Fsp3) is 0.333. The first-order valence-electron chi connectivity index (χ1n) is 7.97. The molecule has 1 N–H and O–H groups in total. The highest BCUT2D eigenvalue weighted by molar-refractivity contribution is 5.99. The zero-order chi connectivity index (χ0) is 15.8. The van der Waals surface area contributed by atoms with Crippen molar-refractivity contribution in [3.8, 4) is 5.75 Å². The molecule has 0 saturated carbocycles. The molecular weight excluding hydrogens is 290 g/mol. The molecule has 2 aliphatic heterocycles. The maximum Gasteiger partial charge on any atom is 0.253 e. The summed E-state index contributed by atoms with van der Waals surface area (Å²) in [6.07, 6.45) is 5.71. The number of benzene rings is 1. The van der Waals surface area contributed by atoms with E-state index in [0.29, 0.717) is 12.2 Å². The second kappa shape index (κ2) is 5.57. The molecule has 4 rings (SSSR count). The molecule has 0 unspecified atom stereocenters. The molecule has 1 atom stereocenters. The van der Waals surface area contributed by atoms with Crippen molar-refractivity contribution in [1.29, 1.82) is 0 Å². The van der Waals surface area contributed by atoms with E-state index in [4.69, 9.17) is 4.74 Å². The van der Waals surface area contributed by atoms with Gasteiger partial charge in [0.2, 0.25) is 0 Å². The summed E-state index contributed by atoms with van der Waals surface area (Å²) in [6, 6.07) is 7.83. The number of likely N-dealkylation sites (tertiary alicyclic amines) is 1. The lowest BCUT2D eigenvalue weighted by Gasteiger charge is -2.26. The summed E-state index contributed by atoms with van der Waals surface area (Å²) in [6.45, 7) is 3.07. The Kier molecular flexibility index (Phi) is 3.41. The van der Waals surface area contributed by atoms with Gasteiger partial charge in [0.15, 0.2) is 0 Å². The number of carbonyl (C=O) groups excluding carboxylic acids is 1. The van der Waals surface area contributed by atoms with Crippen LogP contribution in [0, 0.1) is 6.92 Å². The van der Waals surface area contributed by atoms with Crippen LogP contribution in [0.2, 0.25) is 0 Å². The van der Waals surface area contributed by atoms with Crippen molar-refractivity contribution in [3.63, 3.8) is 0 Å². The highest BCUT2D eigenvalue weighted by atomic mass is 16.5. The van der Waals surface area contributed by atoms with Gasteiger partial charge < -0.3 is 14.6 Å². The SMILES string of the molecule is Cc1cnc([C@@H]2CCCN2C(=O)C2=Cc3ccccc3OC2)[nH]1. The van der Waals surface area contributed by atoms with Gasteiger partial charge in [-0.05, 0) is 31.9 Å². The topological polar surface area (TPSA) is 58.2 Å². The van der Waals surface area contributed by atoms with Crippen LogP contribution in [-0.4, -0.2) is 33.9 Å². The van der Waals surface area contributed by atoms with E-state index in [1.807, 2.05) is 48.4 Å². The number of hydrogen-bond acceptors (Lipinski definition) is 3. The fourth-order valence-electron chi connectivity index (χ4n) is 3.32. The molecule has 2 aliphatic rings. The summed E-state index contributed by atoms with van der Waals surface area (Å²) in [5.74, 6) is 1.77. The summed E-state index contributed by atoms with van der Waals surface area (Å²) in [4.78, 5) is 22.5. The van der Waals surface area contributed by atoms with E-state index in [0.717, 1.165) is 42.2 Å². The molecule has 0 spiro atoms. The molecule has 0 radical (unpaired) electrons. The number of nitrogens with zero attached hydrogens (tertiary/aromatic N) is 2. The zero-order valence-corrected chi connectivity index (χ0v) is 13.1. The average Bonchev–Trinajstić information content (AvgIpc) is 3.22. The highest BCUT2D eigenvalue weighted by Gasteiger charge is 2.34. The summed E-state index contributed by atoms with van der Waals surface area (Å²) < 4.78 is 5.72. The van der Waals surface area contributed by atoms with Crippen molar-refractivity contribution in [3.05, 3.63) is 53.1 Å². The van der Waals surface area contributed by atoms with E-state index in [-0.39, 0.29) is 11.9 Å². The predicted octanol–water partition coefficient (Wildman–Crippen LogP) is 2.86. The quantitative estimate of drug-likeness (QED) is 0.928. The number of fused-ring (bicyclic) bond motifs is 1. The van der Waals surface area contributed by atoms with Crippen LogP contribution in [0.15, 0.2) is 36.0 Å². The molecule has 1 aromatic heterocycles. The van der Waals surface area contributed by atoms with Crippen LogP contribution in [-0.2, 0) is 4.79 Å². The standard InChI is InChI=1S/C18H19N3O2/c1-12-10-19-17(20-12)15-6-4-8-21(15)18(22)14-9-13-5-2-3-7-16(13)23-11-14/h2-3,5,7,9-10,15H,4,6,8,11H2,1H3,(H,19,20)/t15-/m0/s1. The number of carbonyl (C=O) groups is 1. The number of nitrogens with one attached hydrogen (secondary N) is 1. The molecule has 3 heterocycles. The Hall–Kier alpha value is -2.56. The first-order valence-corrected chi connectivity index (χ1v) is 7.97. The number of imidazole rings is 1. The minimum atomic E-state index is 0.0364. The monoisotopic (exact) mass is 309 g/mol. The van der Waals surface area contributed by atoms with Gasteiger partial charge in [-0.1, -0.05) is 18.2 Å². The third kappa shape index (κ3) is 2.52. The number of aryl methyl sites for hydroxylation is 1. The normalized spacial score (nSPS) is 20.0. The Labute approximate surface area is 135 Å². The molecular formula is C18H19N3O2.